The number of H-pyrrole nitrogens is 1. The Hall–Kier alpha value is -3.12. The highest BCUT2D eigenvalue weighted by Gasteiger charge is 2.48. The molecule has 2 atom stereocenters. The van der Waals surface area contributed by atoms with Crippen molar-refractivity contribution in [2.45, 2.75) is 51.6 Å². The van der Waals surface area contributed by atoms with Crippen molar-refractivity contribution in [3.05, 3.63) is 70.9 Å². The molecule has 2 aliphatic rings. The number of carbonyl (C=O) groups is 2. The number of hydrogen-bond donors (Lipinski definition) is 1. The van der Waals surface area contributed by atoms with Crippen LogP contribution in [0.3, 0.4) is 0 Å². The van der Waals surface area contributed by atoms with Crippen molar-refractivity contribution in [2.75, 3.05) is 26.3 Å². The fourth-order valence-electron chi connectivity index (χ4n) is 5.41. The molecule has 178 valence electrons. The molecule has 3 aromatic rings. The number of ether oxygens (including phenoxy) is 1. The average molecular weight is 460 g/mol. The van der Waals surface area contributed by atoms with Crippen LogP contribution in [0.4, 0.5) is 0 Å². The highest BCUT2D eigenvalue weighted by molar-refractivity contribution is 5.97. The number of aryl methyl sites for hydroxylation is 1. The van der Waals surface area contributed by atoms with Gasteiger partial charge in [-0.1, -0.05) is 61.4 Å². The predicted molar refractivity (Wildman–Crippen MR) is 133 cm³/mol. The van der Waals surface area contributed by atoms with Crippen LogP contribution < -0.4 is 0 Å². The number of aromatic amines is 1. The largest absolute Gasteiger partial charge is 0.381 e. The van der Waals surface area contributed by atoms with E-state index in [1.807, 2.05) is 23.1 Å². The van der Waals surface area contributed by atoms with Crippen molar-refractivity contribution in [3.63, 3.8) is 0 Å². The van der Waals surface area contributed by atoms with Gasteiger partial charge in [0.15, 0.2) is 0 Å². The standard InChI is InChI=1S/C28H33N3O3/c1-3-4-14-34-15-8-13-30-18-25(32)31-24(28(30)33)17-22-21-11-5-6-12-23(21)29-26(22)27(31)20-10-7-9-19(2)16-20/h5-7,9-12,16,24,27,29H,3-4,8,13-15,17-18H2,1-2H3/t24-,27?/m0/s1. The number of amides is 2. The summed E-state index contributed by atoms with van der Waals surface area (Å²) < 4.78 is 5.67. The number of benzene rings is 2. The van der Waals surface area contributed by atoms with Crippen molar-refractivity contribution < 1.29 is 14.3 Å². The van der Waals surface area contributed by atoms with Gasteiger partial charge < -0.3 is 19.5 Å². The van der Waals surface area contributed by atoms with Crippen LogP contribution in [0.15, 0.2) is 48.5 Å². The zero-order chi connectivity index (χ0) is 23.7. The number of carbonyl (C=O) groups excluding carboxylic acids is 2. The molecule has 2 aromatic carbocycles. The van der Waals surface area contributed by atoms with Gasteiger partial charge in [-0.15, -0.1) is 0 Å². The molecule has 1 unspecified atom stereocenters. The third-order valence-electron chi connectivity index (χ3n) is 7.06. The number of nitrogens with one attached hydrogen (secondary N) is 1. The second-order valence-electron chi connectivity index (χ2n) is 9.48. The van der Waals surface area contributed by atoms with Gasteiger partial charge in [0.2, 0.25) is 11.8 Å². The molecule has 1 fully saturated rings. The Morgan fingerprint density at radius 1 is 1.06 bits per heavy atom. The molecule has 34 heavy (non-hydrogen) atoms. The number of unbranched alkanes of at least 4 members (excludes halogenated alkanes) is 1. The van der Waals surface area contributed by atoms with Gasteiger partial charge in [0.05, 0.1) is 12.6 Å². The monoisotopic (exact) mass is 459 g/mol. The first-order valence-corrected chi connectivity index (χ1v) is 12.4. The topological polar surface area (TPSA) is 65.6 Å². The summed E-state index contributed by atoms with van der Waals surface area (Å²) in [5.41, 5.74) is 5.40. The van der Waals surface area contributed by atoms with E-state index in [1.54, 1.807) is 4.90 Å². The first kappa shape index (κ1) is 22.7. The highest BCUT2D eigenvalue weighted by Crippen LogP contribution is 2.42. The number of rotatable bonds is 8. The van der Waals surface area contributed by atoms with Gasteiger partial charge in [0, 0.05) is 42.8 Å². The van der Waals surface area contributed by atoms with Gasteiger partial charge in [-0.2, -0.15) is 0 Å². The van der Waals surface area contributed by atoms with E-state index in [0.29, 0.717) is 19.6 Å². The van der Waals surface area contributed by atoms with Gasteiger partial charge >= 0.3 is 0 Å². The molecule has 6 nitrogen and oxygen atoms in total. The summed E-state index contributed by atoms with van der Waals surface area (Å²) in [5, 5.41) is 1.14. The van der Waals surface area contributed by atoms with E-state index in [4.69, 9.17) is 4.74 Å². The summed E-state index contributed by atoms with van der Waals surface area (Å²) in [6.45, 7) is 6.25. The maximum Gasteiger partial charge on any atom is 0.246 e. The SMILES string of the molecule is CCCCOCCCN1CC(=O)N2C(c3cccc(C)c3)c3[nH]c4ccccc4c3C[C@H]2C1=O. The molecule has 1 N–H and O–H groups in total. The minimum absolute atomic E-state index is 0.00677. The van der Waals surface area contributed by atoms with E-state index >= 15 is 0 Å². The highest BCUT2D eigenvalue weighted by atomic mass is 16.5. The molecule has 1 aromatic heterocycles. The molecule has 0 spiro atoms. The first-order valence-electron chi connectivity index (χ1n) is 12.4. The summed E-state index contributed by atoms with van der Waals surface area (Å²) in [6.07, 6.45) is 3.44. The zero-order valence-corrected chi connectivity index (χ0v) is 20.0. The van der Waals surface area contributed by atoms with Crippen LogP contribution in [0.5, 0.6) is 0 Å². The van der Waals surface area contributed by atoms with E-state index < -0.39 is 6.04 Å². The van der Waals surface area contributed by atoms with Crippen LogP contribution in [-0.2, 0) is 20.7 Å². The summed E-state index contributed by atoms with van der Waals surface area (Å²) in [4.78, 5) is 34.4. The average Bonchev–Trinajstić information content (AvgIpc) is 3.21. The molecular weight excluding hydrogens is 426 g/mol. The smallest absolute Gasteiger partial charge is 0.246 e. The lowest BCUT2D eigenvalue weighted by molar-refractivity contribution is -0.158. The quantitative estimate of drug-likeness (QED) is 0.509. The third kappa shape index (κ3) is 4.11. The van der Waals surface area contributed by atoms with Crippen molar-refractivity contribution in [1.82, 2.24) is 14.8 Å². The number of piperazine rings is 1. The Morgan fingerprint density at radius 2 is 1.88 bits per heavy atom. The number of nitrogens with zero attached hydrogens (tertiary/aromatic N) is 2. The fourth-order valence-corrected chi connectivity index (χ4v) is 5.41. The van der Waals surface area contributed by atoms with E-state index in [1.165, 1.54) is 0 Å². The van der Waals surface area contributed by atoms with Crippen LogP contribution in [0.1, 0.15) is 54.6 Å². The molecular formula is C28H33N3O3. The minimum atomic E-state index is -0.487. The summed E-state index contributed by atoms with van der Waals surface area (Å²) in [7, 11) is 0. The van der Waals surface area contributed by atoms with Gasteiger partial charge in [-0.05, 0) is 37.0 Å². The van der Waals surface area contributed by atoms with E-state index in [-0.39, 0.29) is 24.4 Å². The fraction of sp³-hybridized carbons (Fsp3) is 0.429. The Balaban J connectivity index is 1.47. The minimum Gasteiger partial charge on any atom is -0.381 e. The summed E-state index contributed by atoms with van der Waals surface area (Å²) in [6, 6.07) is 15.7. The maximum atomic E-state index is 13.7. The second-order valence-corrected chi connectivity index (χ2v) is 9.48. The predicted octanol–water partition coefficient (Wildman–Crippen LogP) is 4.37. The molecule has 0 bridgehead atoms. The number of fused-ring (bicyclic) bond motifs is 4. The molecule has 2 aliphatic heterocycles. The van der Waals surface area contributed by atoms with E-state index in [0.717, 1.165) is 59.2 Å². The number of aromatic nitrogens is 1. The molecule has 1 saturated heterocycles. The number of hydrogen-bond acceptors (Lipinski definition) is 3. The van der Waals surface area contributed by atoms with Crippen LogP contribution in [-0.4, -0.2) is 58.9 Å². The molecule has 3 heterocycles. The van der Waals surface area contributed by atoms with Crippen molar-refractivity contribution in [2.24, 2.45) is 0 Å². The van der Waals surface area contributed by atoms with Gasteiger partial charge in [0.25, 0.3) is 0 Å². The molecule has 5 rings (SSSR count). The Kier molecular flexibility index (Phi) is 6.42. The van der Waals surface area contributed by atoms with Crippen LogP contribution in [0, 0.1) is 6.92 Å². The lowest BCUT2D eigenvalue weighted by atomic mass is 9.86. The van der Waals surface area contributed by atoms with E-state index in [2.05, 4.69) is 49.2 Å². The lowest BCUT2D eigenvalue weighted by Crippen LogP contribution is -2.63. The van der Waals surface area contributed by atoms with Crippen LogP contribution >= 0.6 is 0 Å². The molecule has 6 heteroatoms. The Bertz CT molecular complexity index is 1200. The first-order chi connectivity index (χ1) is 16.6. The number of para-hydroxylation sites is 1. The zero-order valence-electron chi connectivity index (χ0n) is 20.0. The van der Waals surface area contributed by atoms with E-state index in [9.17, 15) is 9.59 Å². The second kappa shape index (κ2) is 9.63. The third-order valence-corrected chi connectivity index (χ3v) is 7.06. The van der Waals surface area contributed by atoms with Gasteiger partial charge in [0.1, 0.15) is 6.04 Å². The summed E-state index contributed by atoms with van der Waals surface area (Å²) in [5.74, 6) is 0.0501. The Labute approximate surface area is 200 Å². The van der Waals surface area contributed by atoms with Crippen molar-refractivity contribution >= 4 is 22.7 Å². The molecule has 2 amide bonds. The lowest BCUT2D eigenvalue weighted by Gasteiger charge is -2.47. The maximum absolute atomic E-state index is 13.7. The molecule has 0 saturated carbocycles. The van der Waals surface area contributed by atoms with Crippen molar-refractivity contribution in [1.29, 1.82) is 0 Å². The van der Waals surface area contributed by atoms with Gasteiger partial charge in [-0.3, -0.25) is 9.59 Å². The normalized spacial score (nSPS) is 20.1. The Morgan fingerprint density at radius 3 is 2.71 bits per heavy atom. The van der Waals surface area contributed by atoms with Gasteiger partial charge in [-0.25, -0.2) is 0 Å². The molecule has 0 radical (unpaired) electrons. The summed E-state index contributed by atoms with van der Waals surface area (Å²) >= 11 is 0. The van der Waals surface area contributed by atoms with Crippen LogP contribution in [0.2, 0.25) is 0 Å². The van der Waals surface area contributed by atoms with Crippen LogP contribution in [0.25, 0.3) is 10.9 Å². The molecule has 0 aliphatic carbocycles. The van der Waals surface area contributed by atoms with Crippen molar-refractivity contribution in [3.8, 4) is 0 Å².